The molecule has 4 heterocycles. The van der Waals surface area contributed by atoms with Gasteiger partial charge in [-0.15, -0.1) is 0 Å². The van der Waals surface area contributed by atoms with E-state index in [1.54, 1.807) is 18.5 Å². The number of hydrogen-bond donors (Lipinski definition) is 1. The van der Waals surface area contributed by atoms with Crippen molar-refractivity contribution < 1.29 is 9.53 Å². The molecule has 6 rings (SSSR count). The van der Waals surface area contributed by atoms with Crippen molar-refractivity contribution in [1.82, 2.24) is 29.3 Å². The number of fused-ring (bicyclic) bond motifs is 1. The Labute approximate surface area is 245 Å². The Morgan fingerprint density at radius 1 is 0.952 bits per heavy atom. The summed E-state index contributed by atoms with van der Waals surface area (Å²) in [5.74, 6) is 1.29. The van der Waals surface area contributed by atoms with Crippen LogP contribution in [0.1, 0.15) is 27.0 Å². The Morgan fingerprint density at radius 2 is 1.79 bits per heavy atom. The molecule has 1 amide bonds. The van der Waals surface area contributed by atoms with Crippen molar-refractivity contribution in [3.05, 3.63) is 95.4 Å². The van der Waals surface area contributed by atoms with Gasteiger partial charge in [0.1, 0.15) is 11.3 Å². The van der Waals surface area contributed by atoms with Gasteiger partial charge in [0, 0.05) is 75.2 Å². The summed E-state index contributed by atoms with van der Waals surface area (Å²) in [7, 11) is 4.10. The van der Waals surface area contributed by atoms with Crippen molar-refractivity contribution in [1.29, 1.82) is 0 Å². The Kier molecular flexibility index (Phi) is 7.69. The summed E-state index contributed by atoms with van der Waals surface area (Å²) in [5.41, 5.74) is 6.93. The smallest absolute Gasteiger partial charge is 0.255 e. The van der Waals surface area contributed by atoms with E-state index in [1.807, 2.05) is 67.2 Å². The molecule has 0 unspecified atom stereocenters. The van der Waals surface area contributed by atoms with Gasteiger partial charge in [-0.3, -0.25) is 14.7 Å². The molecule has 1 aliphatic rings. The van der Waals surface area contributed by atoms with Gasteiger partial charge in [-0.2, -0.15) is 4.98 Å². The number of nitrogens with zero attached hydrogens (tertiary/aromatic N) is 6. The van der Waals surface area contributed by atoms with E-state index in [0.29, 0.717) is 23.0 Å². The van der Waals surface area contributed by atoms with Crippen LogP contribution in [0.25, 0.3) is 22.4 Å². The summed E-state index contributed by atoms with van der Waals surface area (Å²) >= 11 is 0. The van der Waals surface area contributed by atoms with Crippen molar-refractivity contribution in [2.45, 2.75) is 20.4 Å². The van der Waals surface area contributed by atoms with Gasteiger partial charge in [-0.25, -0.2) is 4.98 Å². The van der Waals surface area contributed by atoms with Crippen LogP contribution in [0.2, 0.25) is 0 Å². The number of hydrogen-bond acceptors (Lipinski definition) is 7. The zero-order chi connectivity index (χ0) is 29.2. The highest BCUT2D eigenvalue weighted by atomic mass is 16.5. The molecule has 42 heavy (non-hydrogen) atoms. The van der Waals surface area contributed by atoms with Crippen molar-refractivity contribution in [3.63, 3.8) is 0 Å². The number of amides is 1. The number of aromatic nitrogens is 4. The van der Waals surface area contributed by atoms with Gasteiger partial charge in [0.2, 0.25) is 5.88 Å². The maximum absolute atomic E-state index is 13.3. The van der Waals surface area contributed by atoms with Crippen molar-refractivity contribution >= 4 is 22.6 Å². The molecular formula is C33H35N7O2. The van der Waals surface area contributed by atoms with E-state index < -0.39 is 0 Å². The van der Waals surface area contributed by atoms with Crippen LogP contribution in [-0.2, 0) is 13.6 Å². The van der Waals surface area contributed by atoms with Gasteiger partial charge < -0.3 is 19.5 Å². The minimum absolute atomic E-state index is 0.200. The first-order chi connectivity index (χ1) is 20.3. The Hall–Kier alpha value is -4.60. The number of nitrogens with one attached hydrogen (secondary N) is 1. The summed E-state index contributed by atoms with van der Waals surface area (Å²) in [6.07, 6.45) is 5.37. The monoisotopic (exact) mass is 561 g/mol. The molecule has 0 spiro atoms. The van der Waals surface area contributed by atoms with Gasteiger partial charge in [-0.1, -0.05) is 12.1 Å². The fourth-order valence-electron chi connectivity index (χ4n) is 5.21. The Bertz CT molecular complexity index is 1740. The van der Waals surface area contributed by atoms with E-state index in [0.717, 1.165) is 60.6 Å². The van der Waals surface area contributed by atoms with E-state index in [9.17, 15) is 4.79 Å². The summed E-state index contributed by atoms with van der Waals surface area (Å²) < 4.78 is 8.33. The maximum atomic E-state index is 13.3. The number of anilines is 1. The standard InChI is InChI=1S/C33H35N7O2/c1-22-7-8-24(32(41)35-27-10-9-26(23(2)18-27)21-40-16-14-38(3)15-17-40)19-29(22)42-33-30-28(11-13-39(30)4)36-31(37-33)25-6-5-12-34-20-25/h5-13,18-20H,14-17,21H2,1-4H3,(H,35,41). The highest BCUT2D eigenvalue weighted by Gasteiger charge is 2.18. The number of carbonyl (C=O) groups is 1. The normalized spacial score (nSPS) is 14.3. The van der Waals surface area contributed by atoms with Gasteiger partial charge in [0.15, 0.2) is 5.82 Å². The quantitative estimate of drug-likeness (QED) is 0.283. The lowest BCUT2D eigenvalue weighted by atomic mass is 10.1. The van der Waals surface area contributed by atoms with Crippen molar-refractivity contribution in [3.8, 4) is 23.0 Å². The van der Waals surface area contributed by atoms with E-state index >= 15 is 0 Å². The largest absolute Gasteiger partial charge is 0.437 e. The average Bonchev–Trinajstić information content (AvgIpc) is 3.37. The van der Waals surface area contributed by atoms with Crippen LogP contribution >= 0.6 is 0 Å². The lowest BCUT2D eigenvalue weighted by Gasteiger charge is -2.32. The number of piperazine rings is 1. The molecule has 214 valence electrons. The van der Waals surface area contributed by atoms with Crippen LogP contribution in [0.3, 0.4) is 0 Å². The highest BCUT2D eigenvalue weighted by Crippen LogP contribution is 2.32. The molecular weight excluding hydrogens is 526 g/mol. The topological polar surface area (TPSA) is 88.4 Å². The van der Waals surface area contributed by atoms with Crippen LogP contribution < -0.4 is 10.1 Å². The molecule has 0 saturated carbocycles. The van der Waals surface area contributed by atoms with Gasteiger partial charge in [0.25, 0.3) is 5.91 Å². The van der Waals surface area contributed by atoms with Crippen molar-refractivity contribution in [2.24, 2.45) is 7.05 Å². The summed E-state index contributed by atoms with van der Waals surface area (Å²) in [6.45, 7) is 9.30. The fraction of sp³-hybridized carbons (Fsp3) is 0.273. The Morgan fingerprint density at radius 3 is 2.55 bits per heavy atom. The molecule has 1 aliphatic heterocycles. The van der Waals surface area contributed by atoms with Crippen LogP contribution in [-0.4, -0.2) is 68.5 Å². The molecule has 9 heteroatoms. The number of likely N-dealkylation sites (N-methyl/N-ethyl adjacent to an activating group) is 1. The number of benzene rings is 2. The SMILES string of the molecule is Cc1cc(NC(=O)c2ccc(C)c(Oc3nc(-c4cccnc4)nc4ccn(C)c34)c2)ccc1CN1CCN(C)CC1. The van der Waals surface area contributed by atoms with Gasteiger partial charge >= 0.3 is 0 Å². The molecule has 2 aromatic carbocycles. The molecule has 0 atom stereocenters. The second-order valence-corrected chi connectivity index (χ2v) is 11.0. The first-order valence-electron chi connectivity index (χ1n) is 14.2. The number of aryl methyl sites for hydroxylation is 3. The second-order valence-electron chi connectivity index (χ2n) is 11.0. The minimum atomic E-state index is -0.200. The number of ether oxygens (including phenoxy) is 1. The molecule has 1 fully saturated rings. The lowest BCUT2D eigenvalue weighted by Crippen LogP contribution is -2.43. The molecule has 0 radical (unpaired) electrons. The third kappa shape index (κ3) is 5.88. The molecule has 0 aliphatic carbocycles. The zero-order valence-electron chi connectivity index (χ0n) is 24.5. The van der Waals surface area contributed by atoms with E-state index in [2.05, 4.69) is 40.1 Å². The maximum Gasteiger partial charge on any atom is 0.255 e. The number of pyridine rings is 1. The lowest BCUT2D eigenvalue weighted by molar-refractivity contribution is 0.102. The molecule has 1 N–H and O–H groups in total. The number of carbonyl (C=O) groups excluding carboxylic acids is 1. The number of rotatable bonds is 7. The van der Waals surface area contributed by atoms with Gasteiger partial charge in [-0.05, 0) is 80.1 Å². The van der Waals surface area contributed by atoms with Crippen LogP contribution in [0, 0.1) is 13.8 Å². The predicted molar refractivity (Wildman–Crippen MR) is 165 cm³/mol. The first-order valence-corrected chi connectivity index (χ1v) is 14.2. The first kappa shape index (κ1) is 27.6. The van der Waals surface area contributed by atoms with Crippen LogP contribution in [0.15, 0.2) is 73.2 Å². The molecule has 1 saturated heterocycles. The second kappa shape index (κ2) is 11.7. The molecule has 0 bridgehead atoms. The predicted octanol–water partition coefficient (Wildman–Crippen LogP) is 5.44. The summed E-state index contributed by atoms with van der Waals surface area (Å²) in [6, 6.07) is 17.3. The minimum Gasteiger partial charge on any atom is -0.437 e. The third-order valence-corrected chi connectivity index (χ3v) is 7.85. The fourth-order valence-corrected chi connectivity index (χ4v) is 5.21. The average molecular weight is 562 g/mol. The van der Waals surface area contributed by atoms with Crippen LogP contribution in [0.4, 0.5) is 5.69 Å². The molecule has 9 nitrogen and oxygen atoms in total. The van der Waals surface area contributed by atoms with E-state index in [1.165, 1.54) is 11.1 Å². The third-order valence-electron chi connectivity index (χ3n) is 7.85. The van der Waals surface area contributed by atoms with E-state index in [4.69, 9.17) is 14.7 Å². The summed E-state index contributed by atoms with van der Waals surface area (Å²) in [5, 5.41) is 3.06. The zero-order valence-corrected chi connectivity index (χ0v) is 24.5. The highest BCUT2D eigenvalue weighted by molar-refractivity contribution is 6.04. The van der Waals surface area contributed by atoms with Crippen molar-refractivity contribution in [2.75, 3.05) is 38.5 Å². The summed E-state index contributed by atoms with van der Waals surface area (Å²) in [4.78, 5) is 31.8. The molecule has 5 aromatic rings. The van der Waals surface area contributed by atoms with Gasteiger partial charge in [0.05, 0.1) is 5.52 Å². The van der Waals surface area contributed by atoms with E-state index in [-0.39, 0.29) is 5.91 Å². The molecule has 3 aromatic heterocycles. The Balaban J connectivity index is 1.22. The van der Waals surface area contributed by atoms with Crippen LogP contribution in [0.5, 0.6) is 11.6 Å².